The Morgan fingerprint density at radius 1 is 1.40 bits per heavy atom. The number of nitrogens with two attached hydrogens (primary N) is 1. The molecule has 3 N–H and O–H groups in total. The summed E-state index contributed by atoms with van der Waals surface area (Å²) in [6.45, 7) is 4.94. The highest BCUT2D eigenvalue weighted by molar-refractivity contribution is 4.81. The standard InChI is InChI=1S/C12H26N2O/c1-10(9-15-2)8-14-12-6-4-3-5-11(12)7-13/h10-12,14H,3-9,13H2,1-2H3. The summed E-state index contributed by atoms with van der Waals surface area (Å²) in [5.41, 5.74) is 5.79. The molecule has 0 amide bonds. The smallest absolute Gasteiger partial charge is 0.0499 e. The second kappa shape index (κ2) is 7.20. The molecule has 3 unspecified atom stereocenters. The third-order valence-corrected chi connectivity index (χ3v) is 3.39. The van der Waals surface area contributed by atoms with Crippen LogP contribution in [0.25, 0.3) is 0 Å². The second-order valence-electron chi connectivity index (χ2n) is 4.86. The van der Waals surface area contributed by atoms with Gasteiger partial charge in [0.2, 0.25) is 0 Å². The third kappa shape index (κ3) is 4.49. The quantitative estimate of drug-likeness (QED) is 0.702. The first-order chi connectivity index (χ1) is 7.27. The van der Waals surface area contributed by atoms with Gasteiger partial charge in [-0.15, -0.1) is 0 Å². The summed E-state index contributed by atoms with van der Waals surface area (Å²) in [6.07, 6.45) is 5.30. The highest BCUT2D eigenvalue weighted by atomic mass is 16.5. The van der Waals surface area contributed by atoms with Crippen LogP contribution in [0.1, 0.15) is 32.6 Å². The number of methoxy groups -OCH3 is 1. The van der Waals surface area contributed by atoms with Crippen LogP contribution >= 0.6 is 0 Å². The molecule has 0 heterocycles. The van der Waals surface area contributed by atoms with E-state index in [1.54, 1.807) is 7.11 Å². The zero-order valence-corrected chi connectivity index (χ0v) is 10.2. The van der Waals surface area contributed by atoms with Crippen molar-refractivity contribution in [2.24, 2.45) is 17.6 Å². The fraction of sp³-hybridized carbons (Fsp3) is 1.00. The summed E-state index contributed by atoms with van der Waals surface area (Å²) in [6, 6.07) is 0.642. The van der Waals surface area contributed by atoms with Gasteiger partial charge in [-0.05, 0) is 31.2 Å². The molecule has 0 aliphatic heterocycles. The van der Waals surface area contributed by atoms with Crippen molar-refractivity contribution >= 4 is 0 Å². The molecule has 0 spiro atoms. The monoisotopic (exact) mass is 214 g/mol. The Labute approximate surface area is 93.8 Å². The molecule has 0 aromatic rings. The largest absolute Gasteiger partial charge is 0.384 e. The summed E-state index contributed by atoms with van der Waals surface area (Å²) in [5, 5.41) is 3.65. The number of nitrogens with one attached hydrogen (secondary N) is 1. The van der Waals surface area contributed by atoms with Crippen LogP contribution in [0.3, 0.4) is 0 Å². The number of hydrogen-bond donors (Lipinski definition) is 2. The maximum absolute atomic E-state index is 5.79. The van der Waals surface area contributed by atoms with E-state index in [-0.39, 0.29) is 0 Å². The van der Waals surface area contributed by atoms with Gasteiger partial charge in [-0.25, -0.2) is 0 Å². The van der Waals surface area contributed by atoms with Crippen molar-refractivity contribution in [2.45, 2.75) is 38.6 Å². The van der Waals surface area contributed by atoms with Gasteiger partial charge in [0.1, 0.15) is 0 Å². The maximum atomic E-state index is 5.79. The molecular formula is C12H26N2O. The predicted octanol–water partition coefficient (Wildman–Crippen LogP) is 1.38. The molecule has 3 heteroatoms. The van der Waals surface area contributed by atoms with E-state index < -0.39 is 0 Å². The van der Waals surface area contributed by atoms with Crippen LogP contribution in [0.2, 0.25) is 0 Å². The Balaban J connectivity index is 2.22. The van der Waals surface area contributed by atoms with Gasteiger partial charge in [0.25, 0.3) is 0 Å². The molecule has 1 saturated carbocycles. The van der Waals surface area contributed by atoms with E-state index in [9.17, 15) is 0 Å². The van der Waals surface area contributed by atoms with Crippen LogP contribution in [0, 0.1) is 11.8 Å². The van der Waals surface area contributed by atoms with Gasteiger partial charge in [-0.3, -0.25) is 0 Å². The van der Waals surface area contributed by atoms with E-state index in [0.717, 1.165) is 19.7 Å². The minimum absolute atomic E-state index is 0.593. The van der Waals surface area contributed by atoms with Gasteiger partial charge < -0.3 is 15.8 Å². The van der Waals surface area contributed by atoms with Crippen LogP contribution in [-0.2, 0) is 4.74 Å². The molecule has 90 valence electrons. The molecule has 3 atom stereocenters. The molecule has 15 heavy (non-hydrogen) atoms. The van der Waals surface area contributed by atoms with Crippen molar-refractivity contribution in [3.63, 3.8) is 0 Å². The van der Waals surface area contributed by atoms with Gasteiger partial charge in [-0.2, -0.15) is 0 Å². The minimum Gasteiger partial charge on any atom is -0.384 e. The summed E-state index contributed by atoms with van der Waals surface area (Å²) in [5.74, 6) is 1.28. The topological polar surface area (TPSA) is 47.3 Å². The Bertz CT molecular complexity index is 164. The van der Waals surface area contributed by atoms with E-state index in [0.29, 0.717) is 17.9 Å². The fourth-order valence-electron chi connectivity index (χ4n) is 2.45. The first kappa shape index (κ1) is 12.9. The van der Waals surface area contributed by atoms with Gasteiger partial charge in [0, 0.05) is 26.3 Å². The summed E-state index contributed by atoms with van der Waals surface area (Å²) >= 11 is 0. The minimum atomic E-state index is 0.593. The van der Waals surface area contributed by atoms with E-state index in [1.807, 2.05) is 0 Å². The molecule has 0 saturated heterocycles. The molecule has 3 nitrogen and oxygen atoms in total. The van der Waals surface area contributed by atoms with Crippen LogP contribution in [0.5, 0.6) is 0 Å². The third-order valence-electron chi connectivity index (χ3n) is 3.39. The molecule has 0 aromatic carbocycles. The highest BCUT2D eigenvalue weighted by Crippen LogP contribution is 2.23. The highest BCUT2D eigenvalue weighted by Gasteiger charge is 2.23. The Kier molecular flexibility index (Phi) is 6.22. The second-order valence-corrected chi connectivity index (χ2v) is 4.86. The molecule has 1 rings (SSSR count). The summed E-state index contributed by atoms with van der Waals surface area (Å²) < 4.78 is 5.13. The van der Waals surface area contributed by atoms with Gasteiger partial charge >= 0.3 is 0 Å². The van der Waals surface area contributed by atoms with Crippen molar-refractivity contribution in [3.8, 4) is 0 Å². The number of ether oxygens (including phenoxy) is 1. The number of rotatable bonds is 6. The van der Waals surface area contributed by atoms with Gasteiger partial charge in [-0.1, -0.05) is 19.8 Å². The molecular weight excluding hydrogens is 188 g/mol. The van der Waals surface area contributed by atoms with E-state index in [1.165, 1.54) is 25.7 Å². The molecule has 1 aliphatic carbocycles. The van der Waals surface area contributed by atoms with E-state index >= 15 is 0 Å². The average Bonchev–Trinajstić information content (AvgIpc) is 2.27. The van der Waals surface area contributed by atoms with Crippen LogP contribution < -0.4 is 11.1 Å². The van der Waals surface area contributed by atoms with E-state index in [2.05, 4.69) is 12.2 Å². The zero-order valence-electron chi connectivity index (χ0n) is 10.2. The van der Waals surface area contributed by atoms with Crippen molar-refractivity contribution in [1.82, 2.24) is 5.32 Å². The maximum Gasteiger partial charge on any atom is 0.0499 e. The zero-order chi connectivity index (χ0) is 11.1. The van der Waals surface area contributed by atoms with Crippen LogP contribution in [0.4, 0.5) is 0 Å². The molecule has 0 bridgehead atoms. The Morgan fingerprint density at radius 3 is 2.80 bits per heavy atom. The molecule has 1 fully saturated rings. The van der Waals surface area contributed by atoms with E-state index in [4.69, 9.17) is 10.5 Å². The summed E-state index contributed by atoms with van der Waals surface area (Å²) in [7, 11) is 1.76. The van der Waals surface area contributed by atoms with Crippen LogP contribution in [0.15, 0.2) is 0 Å². The Morgan fingerprint density at radius 2 is 2.13 bits per heavy atom. The molecule has 0 aromatic heterocycles. The summed E-state index contributed by atoms with van der Waals surface area (Å²) in [4.78, 5) is 0. The van der Waals surface area contributed by atoms with Gasteiger partial charge in [0.15, 0.2) is 0 Å². The van der Waals surface area contributed by atoms with Crippen molar-refractivity contribution in [3.05, 3.63) is 0 Å². The molecule has 0 radical (unpaired) electrons. The van der Waals surface area contributed by atoms with Crippen LogP contribution in [-0.4, -0.2) is 32.8 Å². The van der Waals surface area contributed by atoms with Crippen molar-refractivity contribution < 1.29 is 4.74 Å². The molecule has 1 aliphatic rings. The SMILES string of the molecule is COCC(C)CNC1CCCCC1CN. The fourth-order valence-corrected chi connectivity index (χ4v) is 2.45. The normalized spacial score (nSPS) is 29.0. The first-order valence-corrected chi connectivity index (χ1v) is 6.20. The lowest BCUT2D eigenvalue weighted by Crippen LogP contribution is -2.43. The van der Waals surface area contributed by atoms with Crippen molar-refractivity contribution in [2.75, 3.05) is 26.8 Å². The lowest BCUT2D eigenvalue weighted by molar-refractivity contribution is 0.151. The predicted molar refractivity (Wildman–Crippen MR) is 63.8 cm³/mol. The Hall–Kier alpha value is -0.120. The average molecular weight is 214 g/mol. The lowest BCUT2D eigenvalue weighted by Gasteiger charge is -2.32. The lowest BCUT2D eigenvalue weighted by atomic mass is 9.84. The van der Waals surface area contributed by atoms with Gasteiger partial charge in [0.05, 0.1) is 0 Å². The van der Waals surface area contributed by atoms with Crippen molar-refractivity contribution in [1.29, 1.82) is 0 Å². The first-order valence-electron chi connectivity index (χ1n) is 6.20. The number of hydrogen-bond acceptors (Lipinski definition) is 3.